The number of carboxylic acids is 1. The summed E-state index contributed by atoms with van der Waals surface area (Å²) in [6.45, 7) is 6.16. The van der Waals surface area contributed by atoms with Gasteiger partial charge < -0.3 is 15.2 Å². The van der Waals surface area contributed by atoms with Gasteiger partial charge in [0.15, 0.2) is 0 Å². The maximum absolute atomic E-state index is 11.1. The lowest BCUT2D eigenvalue weighted by Gasteiger charge is -2.20. The Bertz CT molecular complexity index is 528. The molecule has 0 atom stereocenters. The second-order valence-corrected chi connectivity index (χ2v) is 5.31. The van der Waals surface area contributed by atoms with Gasteiger partial charge in [0.1, 0.15) is 12.4 Å². The molecule has 0 heterocycles. The summed E-state index contributed by atoms with van der Waals surface area (Å²) >= 11 is 0. The van der Waals surface area contributed by atoms with Crippen LogP contribution in [-0.4, -0.2) is 29.2 Å². The molecule has 7 heteroatoms. The van der Waals surface area contributed by atoms with Crippen molar-refractivity contribution >= 4 is 11.7 Å². The highest BCUT2D eigenvalue weighted by Gasteiger charge is 2.28. The molecule has 7 nitrogen and oxygen atoms in total. The Hall–Kier alpha value is -2.15. The van der Waals surface area contributed by atoms with Crippen LogP contribution in [0.2, 0.25) is 0 Å². The van der Waals surface area contributed by atoms with Crippen molar-refractivity contribution in [1.82, 2.24) is 5.32 Å². The highest BCUT2D eigenvalue weighted by atomic mass is 16.6. The zero-order valence-electron chi connectivity index (χ0n) is 12.4. The normalized spacial score (nSPS) is 11.2. The molecule has 2 N–H and O–H groups in total. The van der Waals surface area contributed by atoms with Crippen LogP contribution in [0.25, 0.3) is 0 Å². The first-order valence-electron chi connectivity index (χ1n) is 6.62. The Morgan fingerprint density at radius 1 is 1.48 bits per heavy atom. The summed E-state index contributed by atoms with van der Waals surface area (Å²) in [5.74, 6) is -0.506. The number of carboxylic acid groups (broad SMARTS) is 1. The van der Waals surface area contributed by atoms with Crippen molar-refractivity contribution < 1.29 is 19.6 Å². The second kappa shape index (κ2) is 7.03. The molecule has 1 aromatic carbocycles. The van der Waals surface area contributed by atoms with E-state index in [1.54, 1.807) is 13.8 Å². The highest BCUT2D eigenvalue weighted by molar-refractivity contribution is 5.73. The largest absolute Gasteiger partial charge is 0.492 e. The van der Waals surface area contributed by atoms with E-state index < -0.39 is 16.3 Å². The summed E-state index contributed by atoms with van der Waals surface area (Å²) in [5.41, 5.74) is -0.419. The van der Waals surface area contributed by atoms with E-state index in [0.29, 0.717) is 24.4 Å². The van der Waals surface area contributed by atoms with Gasteiger partial charge in [-0.05, 0) is 26.5 Å². The molecule has 1 rings (SSSR count). The number of hydrogen-bond donors (Lipinski definition) is 2. The number of nitro groups is 1. The Labute approximate surface area is 123 Å². The number of carbonyl (C=O) groups is 1. The lowest BCUT2D eigenvalue weighted by Crippen LogP contribution is -2.31. The lowest BCUT2D eigenvalue weighted by molar-refractivity contribution is -0.384. The van der Waals surface area contributed by atoms with Crippen LogP contribution in [-0.2, 0) is 11.3 Å². The summed E-state index contributed by atoms with van der Waals surface area (Å²) in [7, 11) is 0. The highest BCUT2D eigenvalue weighted by Crippen LogP contribution is 2.26. The molecule has 0 aliphatic rings. The first-order chi connectivity index (χ1) is 9.77. The summed E-state index contributed by atoms with van der Waals surface area (Å²) in [6, 6.07) is 4.28. The lowest BCUT2D eigenvalue weighted by atomic mass is 9.95. The second-order valence-electron chi connectivity index (χ2n) is 5.31. The SMILES string of the molecule is CCNCc1cc([N+](=O)[O-])ccc1OCC(C)(C)C(=O)O. The summed E-state index contributed by atoms with van der Waals surface area (Å²) in [5, 5.41) is 22.9. The molecule has 0 saturated heterocycles. The monoisotopic (exact) mass is 296 g/mol. The molecule has 0 radical (unpaired) electrons. The molecule has 0 saturated carbocycles. The molecule has 0 aromatic heterocycles. The van der Waals surface area contributed by atoms with Gasteiger partial charge in [-0.1, -0.05) is 6.92 Å². The molecule has 21 heavy (non-hydrogen) atoms. The number of ether oxygens (including phenoxy) is 1. The van der Waals surface area contributed by atoms with Gasteiger partial charge in [0.05, 0.1) is 10.3 Å². The van der Waals surface area contributed by atoms with Crippen LogP contribution in [0.5, 0.6) is 5.75 Å². The van der Waals surface area contributed by atoms with Crippen molar-refractivity contribution in [3.63, 3.8) is 0 Å². The molecule has 0 fully saturated rings. The van der Waals surface area contributed by atoms with Crippen molar-refractivity contribution in [3.05, 3.63) is 33.9 Å². The fourth-order valence-electron chi connectivity index (χ4n) is 1.54. The maximum atomic E-state index is 11.1. The Kier molecular flexibility index (Phi) is 5.66. The van der Waals surface area contributed by atoms with Crippen LogP contribution in [0.1, 0.15) is 26.3 Å². The number of rotatable bonds is 8. The Morgan fingerprint density at radius 3 is 2.67 bits per heavy atom. The first kappa shape index (κ1) is 16.9. The predicted molar refractivity (Wildman–Crippen MR) is 77.4 cm³/mol. The summed E-state index contributed by atoms with van der Waals surface area (Å²) in [6.07, 6.45) is 0. The number of aliphatic carboxylic acids is 1. The van der Waals surface area contributed by atoms with Gasteiger partial charge in [0.25, 0.3) is 5.69 Å². The summed E-state index contributed by atoms with van der Waals surface area (Å²) < 4.78 is 5.55. The number of nitrogens with one attached hydrogen (secondary N) is 1. The van der Waals surface area contributed by atoms with E-state index in [9.17, 15) is 14.9 Å². The molecular weight excluding hydrogens is 276 g/mol. The van der Waals surface area contributed by atoms with Gasteiger partial charge in [-0.25, -0.2) is 0 Å². The number of non-ortho nitro benzene ring substituents is 1. The number of hydrogen-bond acceptors (Lipinski definition) is 5. The van der Waals surface area contributed by atoms with E-state index >= 15 is 0 Å². The topological polar surface area (TPSA) is 102 Å². The van der Waals surface area contributed by atoms with Crippen molar-refractivity contribution in [1.29, 1.82) is 0 Å². The van der Waals surface area contributed by atoms with Gasteiger partial charge in [0, 0.05) is 24.2 Å². The average molecular weight is 296 g/mol. The average Bonchev–Trinajstić information content (AvgIpc) is 2.42. The fourth-order valence-corrected chi connectivity index (χ4v) is 1.54. The van der Waals surface area contributed by atoms with Crippen molar-refractivity contribution in [2.24, 2.45) is 5.41 Å². The number of nitrogens with zero attached hydrogens (tertiary/aromatic N) is 1. The molecule has 0 spiro atoms. The Morgan fingerprint density at radius 2 is 2.14 bits per heavy atom. The van der Waals surface area contributed by atoms with Gasteiger partial charge in [-0.2, -0.15) is 0 Å². The molecule has 116 valence electrons. The van der Waals surface area contributed by atoms with Gasteiger partial charge >= 0.3 is 5.97 Å². The zero-order valence-corrected chi connectivity index (χ0v) is 12.4. The third-order valence-corrected chi connectivity index (χ3v) is 2.99. The third-order valence-electron chi connectivity index (χ3n) is 2.99. The van der Waals surface area contributed by atoms with E-state index in [4.69, 9.17) is 9.84 Å². The van der Waals surface area contributed by atoms with Crippen LogP contribution in [0.15, 0.2) is 18.2 Å². The van der Waals surface area contributed by atoms with Crippen LogP contribution in [0.4, 0.5) is 5.69 Å². The van der Waals surface area contributed by atoms with Crippen molar-refractivity contribution in [2.75, 3.05) is 13.2 Å². The number of nitro benzene ring substituents is 1. The molecule has 0 unspecified atom stereocenters. The van der Waals surface area contributed by atoms with Crippen molar-refractivity contribution in [2.45, 2.75) is 27.3 Å². The maximum Gasteiger partial charge on any atom is 0.312 e. The Balaban J connectivity index is 2.94. The number of benzene rings is 1. The minimum absolute atomic E-state index is 0.0146. The van der Waals surface area contributed by atoms with Gasteiger partial charge in [-0.3, -0.25) is 14.9 Å². The minimum atomic E-state index is -1.03. The minimum Gasteiger partial charge on any atom is -0.492 e. The van der Waals surface area contributed by atoms with E-state index in [2.05, 4.69) is 5.32 Å². The third kappa shape index (κ3) is 4.71. The van der Waals surface area contributed by atoms with E-state index in [1.807, 2.05) is 6.92 Å². The fraction of sp³-hybridized carbons (Fsp3) is 0.500. The van der Waals surface area contributed by atoms with E-state index in [1.165, 1.54) is 18.2 Å². The van der Waals surface area contributed by atoms with Gasteiger partial charge in [-0.15, -0.1) is 0 Å². The van der Waals surface area contributed by atoms with Crippen LogP contribution >= 0.6 is 0 Å². The molecule has 0 aliphatic heterocycles. The standard InChI is InChI=1S/C14H20N2O5/c1-4-15-8-10-7-11(16(19)20)5-6-12(10)21-9-14(2,3)13(17)18/h5-7,15H,4,8-9H2,1-3H3,(H,17,18). The quantitative estimate of drug-likeness (QED) is 0.563. The van der Waals surface area contributed by atoms with Crippen LogP contribution < -0.4 is 10.1 Å². The predicted octanol–water partition coefficient (Wildman–Crippen LogP) is 2.19. The molecule has 0 amide bonds. The van der Waals surface area contributed by atoms with Crippen LogP contribution in [0, 0.1) is 15.5 Å². The van der Waals surface area contributed by atoms with E-state index in [-0.39, 0.29) is 12.3 Å². The van der Waals surface area contributed by atoms with E-state index in [0.717, 1.165) is 0 Å². The molecule has 0 bridgehead atoms. The molecule has 0 aliphatic carbocycles. The smallest absolute Gasteiger partial charge is 0.312 e. The molecular formula is C14H20N2O5. The van der Waals surface area contributed by atoms with Crippen molar-refractivity contribution in [3.8, 4) is 5.75 Å². The first-order valence-corrected chi connectivity index (χ1v) is 6.62. The molecule has 1 aromatic rings. The van der Waals surface area contributed by atoms with Crippen LogP contribution in [0.3, 0.4) is 0 Å². The summed E-state index contributed by atoms with van der Waals surface area (Å²) in [4.78, 5) is 21.4. The van der Waals surface area contributed by atoms with Gasteiger partial charge in [0.2, 0.25) is 0 Å². The zero-order chi connectivity index (χ0) is 16.0.